The van der Waals surface area contributed by atoms with Crippen LogP contribution in [0, 0.1) is 0 Å². The van der Waals surface area contributed by atoms with E-state index in [0.29, 0.717) is 11.7 Å². The van der Waals surface area contributed by atoms with Crippen molar-refractivity contribution in [3.05, 3.63) is 60.2 Å². The highest BCUT2D eigenvalue weighted by molar-refractivity contribution is 7.80. The van der Waals surface area contributed by atoms with E-state index in [1.165, 1.54) is 4.90 Å². The number of rotatable bonds is 1. The summed E-state index contributed by atoms with van der Waals surface area (Å²) in [5.41, 5.74) is 6.88. The number of primary amides is 1. The van der Waals surface area contributed by atoms with Gasteiger partial charge in [-0.2, -0.15) is 0 Å². The Labute approximate surface area is 145 Å². The first-order valence-corrected chi connectivity index (χ1v) is 8.19. The fourth-order valence-electron chi connectivity index (χ4n) is 3.68. The summed E-state index contributed by atoms with van der Waals surface area (Å²) in [6.07, 6.45) is -0.211. The number of fused-ring (bicyclic) bond motifs is 3. The van der Waals surface area contributed by atoms with Crippen molar-refractivity contribution in [1.29, 1.82) is 0 Å². The number of carbonyl (C=O) groups is 1. The van der Waals surface area contributed by atoms with Crippen LogP contribution in [0.1, 0.15) is 12.5 Å². The van der Waals surface area contributed by atoms with Crippen molar-refractivity contribution in [3.8, 4) is 5.75 Å². The van der Waals surface area contributed by atoms with Crippen molar-refractivity contribution in [2.24, 2.45) is 5.73 Å². The molecule has 2 aliphatic rings. The molecule has 2 heterocycles. The molecule has 2 aromatic rings. The number of benzene rings is 2. The lowest BCUT2D eigenvalue weighted by atomic mass is 9.82. The van der Waals surface area contributed by atoms with Gasteiger partial charge < -0.3 is 10.5 Å². The molecule has 4 rings (SSSR count). The molecule has 122 valence electrons. The van der Waals surface area contributed by atoms with E-state index >= 15 is 0 Å². The second kappa shape index (κ2) is 5.21. The molecule has 2 N–H and O–H groups in total. The lowest BCUT2D eigenvalue weighted by Crippen LogP contribution is -2.57. The molecule has 2 atom stereocenters. The summed E-state index contributed by atoms with van der Waals surface area (Å²) >= 11 is 5.61. The number of thiocarbonyl (C=S) groups is 1. The summed E-state index contributed by atoms with van der Waals surface area (Å²) in [5, 5.41) is 0.411. The van der Waals surface area contributed by atoms with Crippen molar-refractivity contribution < 1.29 is 9.53 Å². The lowest BCUT2D eigenvalue weighted by Gasteiger charge is -2.46. The molecule has 2 unspecified atom stereocenters. The summed E-state index contributed by atoms with van der Waals surface area (Å²) in [4.78, 5) is 15.4. The van der Waals surface area contributed by atoms with Crippen molar-refractivity contribution >= 4 is 29.0 Å². The Morgan fingerprint density at radius 2 is 1.88 bits per heavy atom. The normalized spacial score (nSPS) is 25.0. The molecule has 2 amide bonds. The van der Waals surface area contributed by atoms with E-state index in [1.54, 1.807) is 0 Å². The van der Waals surface area contributed by atoms with Crippen LogP contribution < -0.4 is 15.4 Å². The smallest absolute Gasteiger partial charge is 0.321 e. The number of hydrogen-bond donors (Lipinski definition) is 1. The van der Waals surface area contributed by atoms with E-state index < -0.39 is 11.6 Å². The SMILES string of the molecule is CC1Oc2ccccc2N2C(=S)N(C(N)=O)CC12c1ccccc1. The first kappa shape index (κ1) is 15.0. The van der Waals surface area contributed by atoms with Gasteiger partial charge in [0.25, 0.3) is 0 Å². The Bertz CT molecular complexity index is 826. The minimum atomic E-state index is -0.596. The van der Waals surface area contributed by atoms with E-state index in [9.17, 15) is 4.79 Å². The first-order chi connectivity index (χ1) is 11.6. The van der Waals surface area contributed by atoms with Crippen molar-refractivity contribution in [1.82, 2.24) is 4.90 Å². The number of urea groups is 1. The molecule has 1 saturated heterocycles. The van der Waals surface area contributed by atoms with Crippen molar-refractivity contribution in [2.75, 3.05) is 11.4 Å². The van der Waals surface area contributed by atoms with E-state index in [2.05, 4.69) is 0 Å². The van der Waals surface area contributed by atoms with E-state index in [4.69, 9.17) is 22.7 Å². The number of para-hydroxylation sites is 2. The van der Waals surface area contributed by atoms with E-state index in [1.807, 2.05) is 66.4 Å². The van der Waals surface area contributed by atoms with Crippen LogP contribution in [0.25, 0.3) is 0 Å². The third-order valence-corrected chi connectivity index (χ3v) is 5.25. The molecular weight excluding hydrogens is 322 g/mol. The van der Waals surface area contributed by atoms with Gasteiger partial charge in [0.05, 0.1) is 12.2 Å². The van der Waals surface area contributed by atoms with Crippen molar-refractivity contribution in [3.63, 3.8) is 0 Å². The molecule has 0 radical (unpaired) electrons. The van der Waals surface area contributed by atoms with Gasteiger partial charge in [0.2, 0.25) is 0 Å². The van der Waals surface area contributed by atoms with Crippen molar-refractivity contribution in [2.45, 2.75) is 18.6 Å². The minimum Gasteiger partial charge on any atom is -0.486 e. The molecule has 0 aromatic heterocycles. The van der Waals surface area contributed by atoms with Gasteiger partial charge in [-0.3, -0.25) is 9.80 Å². The van der Waals surface area contributed by atoms with Gasteiger partial charge in [0.1, 0.15) is 17.4 Å². The number of anilines is 1. The van der Waals surface area contributed by atoms with Crippen LogP contribution in [-0.2, 0) is 5.54 Å². The van der Waals surface area contributed by atoms with Gasteiger partial charge >= 0.3 is 6.03 Å². The Morgan fingerprint density at radius 3 is 2.58 bits per heavy atom. The molecular formula is C18H17N3O2S. The topological polar surface area (TPSA) is 58.8 Å². The molecule has 6 heteroatoms. The number of nitrogens with two attached hydrogens (primary N) is 1. The number of hydrogen-bond acceptors (Lipinski definition) is 3. The van der Waals surface area contributed by atoms with Crippen LogP contribution in [0.4, 0.5) is 10.5 Å². The zero-order valence-corrected chi connectivity index (χ0v) is 14.0. The van der Waals surface area contributed by atoms with Crippen LogP contribution in [0.2, 0.25) is 0 Å². The standard InChI is InChI=1S/C18H17N3O2S/c1-12-18(13-7-3-2-4-8-13)11-20(16(19)22)17(24)21(18)14-9-5-6-10-15(14)23-12/h2-10,12H,11H2,1H3,(H2,19,22). The number of carbonyl (C=O) groups excluding carboxylic acids is 1. The fraction of sp³-hybridized carbons (Fsp3) is 0.222. The summed E-state index contributed by atoms with van der Waals surface area (Å²) < 4.78 is 6.20. The van der Waals surface area contributed by atoms with Gasteiger partial charge in [-0.25, -0.2) is 4.79 Å². The van der Waals surface area contributed by atoms with Gasteiger partial charge in [-0.15, -0.1) is 0 Å². The van der Waals surface area contributed by atoms with Crippen LogP contribution >= 0.6 is 12.2 Å². The number of nitrogens with zero attached hydrogens (tertiary/aromatic N) is 2. The van der Waals surface area contributed by atoms with Crippen LogP contribution in [0.3, 0.4) is 0 Å². The van der Waals surface area contributed by atoms with Gasteiger partial charge in [0.15, 0.2) is 5.11 Å². The first-order valence-electron chi connectivity index (χ1n) is 7.78. The van der Waals surface area contributed by atoms with Crippen LogP contribution in [0.15, 0.2) is 54.6 Å². The summed E-state index contributed by atoms with van der Waals surface area (Å²) in [7, 11) is 0. The van der Waals surface area contributed by atoms with Gasteiger partial charge in [0, 0.05) is 0 Å². The second-order valence-corrected chi connectivity index (χ2v) is 6.43. The Morgan fingerprint density at radius 1 is 1.21 bits per heavy atom. The maximum absolute atomic E-state index is 11.9. The Hall–Kier alpha value is -2.60. The monoisotopic (exact) mass is 339 g/mol. The zero-order chi connectivity index (χ0) is 16.9. The lowest BCUT2D eigenvalue weighted by molar-refractivity contribution is 0.112. The van der Waals surface area contributed by atoms with Gasteiger partial charge in [-0.1, -0.05) is 42.5 Å². The van der Waals surface area contributed by atoms with Crippen LogP contribution in [0.5, 0.6) is 5.75 Å². The van der Waals surface area contributed by atoms with Crippen LogP contribution in [-0.4, -0.2) is 28.7 Å². The third kappa shape index (κ3) is 1.86. The molecule has 5 nitrogen and oxygen atoms in total. The summed E-state index contributed by atoms with van der Waals surface area (Å²) in [6.45, 7) is 2.36. The average Bonchev–Trinajstić information content (AvgIpc) is 2.92. The zero-order valence-electron chi connectivity index (χ0n) is 13.2. The highest BCUT2D eigenvalue weighted by Gasteiger charge is 2.58. The fourth-order valence-corrected chi connectivity index (χ4v) is 4.10. The Balaban J connectivity index is 1.98. The number of ether oxygens (including phenoxy) is 1. The third-order valence-electron chi connectivity index (χ3n) is 4.84. The molecule has 24 heavy (non-hydrogen) atoms. The summed E-state index contributed by atoms with van der Waals surface area (Å²) in [5.74, 6) is 0.755. The van der Waals surface area contributed by atoms with E-state index in [0.717, 1.165) is 17.0 Å². The van der Waals surface area contributed by atoms with Gasteiger partial charge in [-0.05, 0) is 36.8 Å². The maximum Gasteiger partial charge on any atom is 0.321 e. The largest absolute Gasteiger partial charge is 0.486 e. The minimum absolute atomic E-state index is 0.211. The highest BCUT2D eigenvalue weighted by Crippen LogP contribution is 2.50. The molecule has 0 spiro atoms. The Kier molecular flexibility index (Phi) is 3.25. The quantitative estimate of drug-likeness (QED) is 0.812. The molecule has 0 aliphatic carbocycles. The van der Waals surface area contributed by atoms with E-state index in [-0.39, 0.29) is 6.10 Å². The summed E-state index contributed by atoms with van der Waals surface area (Å²) in [6, 6.07) is 17.2. The predicted molar refractivity (Wildman–Crippen MR) is 96.0 cm³/mol. The molecule has 2 aliphatic heterocycles. The molecule has 0 bridgehead atoms. The average molecular weight is 339 g/mol. The maximum atomic E-state index is 11.9. The molecule has 1 fully saturated rings. The second-order valence-electron chi connectivity index (χ2n) is 6.06. The highest BCUT2D eigenvalue weighted by atomic mass is 32.1. The molecule has 2 aromatic carbocycles. The molecule has 0 saturated carbocycles. The number of amides is 2. The predicted octanol–water partition coefficient (Wildman–Crippen LogP) is 2.85.